The fourth-order valence-corrected chi connectivity index (χ4v) is 3.54. The van der Waals surface area contributed by atoms with E-state index in [1.165, 1.54) is 44.9 Å². The molecular formula is C14H27NO. The summed E-state index contributed by atoms with van der Waals surface area (Å²) in [5.74, 6) is 0.585. The minimum atomic E-state index is -0.0782. The first-order chi connectivity index (χ1) is 7.68. The van der Waals surface area contributed by atoms with Crippen molar-refractivity contribution in [1.82, 2.24) is 4.90 Å². The van der Waals surface area contributed by atoms with Gasteiger partial charge in [-0.3, -0.25) is 4.90 Å². The van der Waals surface area contributed by atoms with Crippen molar-refractivity contribution in [1.29, 1.82) is 0 Å². The maximum Gasteiger partial charge on any atom is 0.0695 e. The van der Waals surface area contributed by atoms with Crippen molar-refractivity contribution in [3.63, 3.8) is 0 Å². The molecule has 1 saturated heterocycles. The highest BCUT2D eigenvalue weighted by Crippen LogP contribution is 2.30. The molecule has 1 aliphatic heterocycles. The van der Waals surface area contributed by atoms with E-state index in [0.29, 0.717) is 18.0 Å². The number of piperidine rings is 1. The number of aliphatic hydroxyl groups excluding tert-OH is 1. The lowest BCUT2D eigenvalue weighted by atomic mass is 9.94. The first kappa shape index (κ1) is 12.4. The van der Waals surface area contributed by atoms with Gasteiger partial charge < -0.3 is 5.11 Å². The minimum Gasteiger partial charge on any atom is -0.392 e. The van der Waals surface area contributed by atoms with E-state index in [4.69, 9.17) is 0 Å². The summed E-state index contributed by atoms with van der Waals surface area (Å²) in [5.41, 5.74) is 0. The van der Waals surface area contributed by atoms with Gasteiger partial charge in [0.05, 0.1) is 6.10 Å². The summed E-state index contributed by atoms with van der Waals surface area (Å²) < 4.78 is 0. The van der Waals surface area contributed by atoms with Crippen LogP contribution in [0.2, 0.25) is 0 Å². The summed E-state index contributed by atoms with van der Waals surface area (Å²) in [6, 6.07) is 1.33. The van der Waals surface area contributed by atoms with Crippen molar-refractivity contribution in [2.75, 3.05) is 6.54 Å². The molecule has 2 aliphatic rings. The Morgan fingerprint density at radius 2 is 1.56 bits per heavy atom. The van der Waals surface area contributed by atoms with Crippen molar-refractivity contribution in [2.45, 2.75) is 77.0 Å². The van der Waals surface area contributed by atoms with Crippen LogP contribution in [0.1, 0.15) is 58.8 Å². The molecule has 94 valence electrons. The maximum absolute atomic E-state index is 10.3. The summed E-state index contributed by atoms with van der Waals surface area (Å²) in [4.78, 5) is 2.53. The van der Waals surface area contributed by atoms with E-state index in [2.05, 4.69) is 18.7 Å². The Hall–Kier alpha value is -0.0800. The molecule has 0 aromatic carbocycles. The highest BCUT2D eigenvalue weighted by atomic mass is 16.3. The molecule has 0 amide bonds. The van der Waals surface area contributed by atoms with E-state index in [9.17, 15) is 5.11 Å². The highest BCUT2D eigenvalue weighted by molar-refractivity contribution is 4.84. The molecule has 3 atom stereocenters. The fourth-order valence-electron chi connectivity index (χ4n) is 3.54. The molecule has 2 fully saturated rings. The number of rotatable bonds is 3. The third-order valence-electron chi connectivity index (χ3n) is 4.72. The molecule has 1 N–H and O–H groups in total. The molecule has 2 nitrogen and oxygen atoms in total. The lowest BCUT2D eigenvalue weighted by Crippen LogP contribution is -2.48. The number of hydrogen-bond acceptors (Lipinski definition) is 2. The predicted molar refractivity (Wildman–Crippen MR) is 67.4 cm³/mol. The first-order valence-corrected chi connectivity index (χ1v) is 7.12. The van der Waals surface area contributed by atoms with Crippen LogP contribution in [0.5, 0.6) is 0 Å². The van der Waals surface area contributed by atoms with E-state index in [1.807, 2.05) is 0 Å². The second-order valence-corrected chi connectivity index (χ2v) is 5.94. The van der Waals surface area contributed by atoms with Gasteiger partial charge in [-0.2, -0.15) is 0 Å². The number of hydrogen-bond donors (Lipinski definition) is 1. The third kappa shape index (κ3) is 2.78. The van der Waals surface area contributed by atoms with E-state index < -0.39 is 0 Å². The van der Waals surface area contributed by atoms with Gasteiger partial charge in [0, 0.05) is 18.6 Å². The Morgan fingerprint density at radius 1 is 1.00 bits per heavy atom. The second-order valence-electron chi connectivity index (χ2n) is 5.94. The summed E-state index contributed by atoms with van der Waals surface area (Å²) in [6.07, 6.45) is 9.04. The zero-order valence-electron chi connectivity index (χ0n) is 10.9. The van der Waals surface area contributed by atoms with Crippen LogP contribution in [0.25, 0.3) is 0 Å². The van der Waals surface area contributed by atoms with E-state index >= 15 is 0 Å². The van der Waals surface area contributed by atoms with Crippen LogP contribution in [0, 0.1) is 5.92 Å². The quantitative estimate of drug-likeness (QED) is 0.798. The standard InChI is InChI=1S/C14H27NO/c1-11-6-5-7-12(2)15(11)10-14(16)13-8-3-4-9-13/h11-14,16H,3-10H2,1-2H3/t11-,12+,14?. The molecule has 2 rings (SSSR count). The number of β-amino-alcohol motifs (C(OH)–C–C–N with tert-alkyl or cyclic N) is 1. The molecule has 1 saturated carbocycles. The van der Waals surface area contributed by atoms with Gasteiger partial charge in [-0.25, -0.2) is 0 Å². The van der Waals surface area contributed by atoms with Crippen molar-refractivity contribution in [3.8, 4) is 0 Å². The largest absolute Gasteiger partial charge is 0.392 e. The summed E-state index contributed by atoms with van der Waals surface area (Å²) in [5, 5.41) is 10.3. The molecule has 1 unspecified atom stereocenters. The van der Waals surface area contributed by atoms with Gasteiger partial charge >= 0.3 is 0 Å². The lowest BCUT2D eigenvalue weighted by Gasteiger charge is -2.40. The van der Waals surface area contributed by atoms with Crippen molar-refractivity contribution < 1.29 is 5.11 Å². The Morgan fingerprint density at radius 3 is 2.12 bits per heavy atom. The van der Waals surface area contributed by atoms with Gasteiger partial charge in [-0.1, -0.05) is 19.3 Å². The molecule has 1 heterocycles. The van der Waals surface area contributed by atoms with Gasteiger partial charge in [0.1, 0.15) is 0 Å². The van der Waals surface area contributed by atoms with Gasteiger partial charge in [0.15, 0.2) is 0 Å². The normalized spacial score (nSPS) is 35.4. The molecule has 0 radical (unpaired) electrons. The molecule has 16 heavy (non-hydrogen) atoms. The van der Waals surface area contributed by atoms with Crippen LogP contribution in [0.4, 0.5) is 0 Å². The minimum absolute atomic E-state index is 0.0782. The monoisotopic (exact) mass is 225 g/mol. The van der Waals surface area contributed by atoms with Crippen LogP contribution in [-0.4, -0.2) is 34.7 Å². The first-order valence-electron chi connectivity index (χ1n) is 7.12. The van der Waals surface area contributed by atoms with Crippen molar-refractivity contribution in [3.05, 3.63) is 0 Å². The lowest BCUT2D eigenvalue weighted by molar-refractivity contribution is 0.0163. The molecule has 1 aliphatic carbocycles. The second kappa shape index (κ2) is 5.50. The van der Waals surface area contributed by atoms with Crippen LogP contribution >= 0.6 is 0 Å². The molecule has 0 spiro atoms. The van der Waals surface area contributed by atoms with Crippen LogP contribution in [0.3, 0.4) is 0 Å². The fraction of sp³-hybridized carbons (Fsp3) is 1.00. The van der Waals surface area contributed by atoms with E-state index in [0.717, 1.165) is 6.54 Å². The van der Waals surface area contributed by atoms with Crippen LogP contribution < -0.4 is 0 Å². The Kier molecular flexibility index (Phi) is 4.26. The SMILES string of the molecule is C[C@@H]1CCC[C@H](C)N1CC(O)C1CCCC1. The zero-order valence-corrected chi connectivity index (χ0v) is 10.9. The number of aliphatic hydroxyl groups is 1. The van der Waals surface area contributed by atoms with Crippen molar-refractivity contribution >= 4 is 0 Å². The average molecular weight is 225 g/mol. The van der Waals surface area contributed by atoms with Gasteiger partial charge in [-0.05, 0) is 45.4 Å². The van der Waals surface area contributed by atoms with Crippen LogP contribution in [0.15, 0.2) is 0 Å². The Balaban J connectivity index is 1.86. The number of nitrogens with zero attached hydrogens (tertiary/aromatic N) is 1. The molecule has 0 aromatic heterocycles. The summed E-state index contributed by atoms with van der Waals surface area (Å²) in [6.45, 7) is 5.54. The van der Waals surface area contributed by atoms with E-state index in [-0.39, 0.29) is 6.10 Å². The van der Waals surface area contributed by atoms with Crippen LogP contribution in [-0.2, 0) is 0 Å². The molecule has 0 bridgehead atoms. The van der Waals surface area contributed by atoms with Gasteiger partial charge in [0.2, 0.25) is 0 Å². The van der Waals surface area contributed by atoms with E-state index in [1.54, 1.807) is 0 Å². The average Bonchev–Trinajstić information content (AvgIpc) is 2.76. The van der Waals surface area contributed by atoms with Gasteiger partial charge in [0.25, 0.3) is 0 Å². The summed E-state index contributed by atoms with van der Waals surface area (Å²) >= 11 is 0. The molecular weight excluding hydrogens is 198 g/mol. The van der Waals surface area contributed by atoms with Crippen molar-refractivity contribution in [2.24, 2.45) is 5.92 Å². The highest BCUT2D eigenvalue weighted by Gasteiger charge is 2.30. The topological polar surface area (TPSA) is 23.5 Å². The Labute approximate surface area is 100 Å². The summed E-state index contributed by atoms with van der Waals surface area (Å²) in [7, 11) is 0. The smallest absolute Gasteiger partial charge is 0.0695 e. The third-order valence-corrected chi connectivity index (χ3v) is 4.72. The zero-order chi connectivity index (χ0) is 11.5. The predicted octanol–water partition coefficient (Wildman–Crippen LogP) is 2.80. The van der Waals surface area contributed by atoms with Gasteiger partial charge in [-0.15, -0.1) is 0 Å². The number of likely N-dealkylation sites (tertiary alicyclic amines) is 1. The molecule has 0 aromatic rings. The maximum atomic E-state index is 10.3. The Bertz CT molecular complexity index is 203. The molecule has 2 heteroatoms.